The van der Waals surface area contributed by atoms with Crippen molar-refractivity contribution in [2.75, 3.05) is 30.4 Å². The van der Waals surface area contributed by atoms with Crippen LogP contribution in [0.15, 0.2) is 54.7 Å². The predicted octanol–water partition coefficient (Wildman–Crippen LogP) is 3.60. The highest BCUT2D eigenvalue weighted by Crippen LogP contribution is 2.32. The summed E-state index contributed by atoms with van der Waals surface area (Å²) in [6.45, 7) is 1.47. The first-order valence-corrected chi connectivity index (χ1v) is 11.5. The number of nitrogens with zero attached hydrogens (tertiary/aromatic N) is 6. The zero-order valence-corrected chi connectivity index (χ0v) is 19.6. The summed E-state index contributed by atoms with van der Waals surface area (Å²) >= 11 is 0. The first-order chi connectivity index (χ1) is 16.9. The van der Waals surface area contributed by atoms with Gasteiger partial charge in [-0.2, -0.15) is 5.10 Å². The summed E-state index contributed by atoms with van der Waals surface area (Å²) in [7, 11) is 3.67. The van der Waals surface area contributed by atoms with Gasteiger partial charge in [0.05, 0.1) is 11.4 Å². The number of aliphatic hydroxyl groups excluding tert-OH is 1. The minimum Gasteiger partial charge on any atom is -0.361 e. The number of aliphatic hydroxyl groups is 1. The van der Waals surface area contributed by atoms with Gasteiger partial charge in [-0.1, -0.05) is 24.3 Å². The van der Waals surface area contributed by atoms with Crippen molar-refractivity contribution in [2.24, 2.45) is 7.05 Å². The summed E-state index contributed by atoms with van der Waals surface area (Å²) < 4.78 is 28.9. The Morgan fingerprint density at radius 3 is 2.49 bits per heavy atom. The van der Waals surface area contributed by atoms with Crippen LogP contribution in [-0.2, 0) is 7.05 Å². The first-order valence-electron chi connectivity index (χ1n) is 11.5. The Bertz CT molecular complexity index is 1340. The van der Waals surface area contributed by atoms with Crippen LogP contribution >= 0.6 is 0 Å². The molecule has 0 saturated carbocycles. The highest BCUT2D eigenvalue weighted by atomic mass is 19.1. The van der Waals surface area contributed by atoms with Gasteiger partial charge in [0.1, 0.15) is 17.3 Å². The van der Waals surface area contributed by atoms with Crippen LogP contribution in [0.2, 0.25) is 0 Å². The molecule has 5 rings (SSSR count). The summed E-state index contributed by atoms with van der Waals surface area (Å²) in [5.41, 5.74) is 1.75. The van der Waals surface area contributed by atoms with Crippen LogP contribution in [0.3, 0.4) is 0 Å². The molecule has 1 aliphatic rings. The van der Waals surface area contributed by atoms with E-state index in [4.69, 9.17) is 0 Å². The Labute approximate surface area is 201 Å². The molecule has 0 spiro atoms. The van der Waals surface area contributed by atoms with E-state index in [0.29, 0.717) is 0 Å². The van der Waals surface area contributed by atoms with Crippen molar-refractivity contribution in [3.05, 3.63) is 66.4 Å². The number of fused-ring (bicyclic) bond motifs is 1. The van der Waals surface area contributed by atoms with Crippen molar-refractivity contribution in [1.82, 2.24) is 24.9 Å². The number of aromatic nitrogens is 4. The largest absolute Gasteiger partial charge is 0.361 e. The van der Waals surface area contributed by atoms with Crippen molar-refractivity contribution in [3.63, 3.8) is 0 Å². The van der Waals surface area contributed by atoms with Gasteiger partial charge in [0.15, 0.2) is 12.2 Å². The van der Waals surface area contributed by atoms with Gasteiger partial charge in [-0.15, -0.1) is 10.2 Å². The molecule has 0 aliphatic carbocycles. The second kappa shape index (κ2) is 9.55. The second-order valence-corrected chi connectivity index (χ2v) is 8.78. The third kappa shape index (κ3) is 4.54. The Balaban J connectivity index is 1.30. The lowest BCUT2D eigenvalue weighted by Gasteiger charge is -2.39. The number of hydrogen-bond acceptors (Lipinski definition) is 7. The number of rotatable bonds is 6. The van der Waals surface area contributed by atoms with Gasteiger partial charge in [0.25, 0.3) is 0 Å². The summed E-state index contributed by atoms with van der Waals surface area (Å²) in [5, 5.41) is 28.8. The highest BCUT2D eigenvalue weighted by molar-refractivity contribution is 5.99. The predicted molar refractivity (Wildman–Crippen MR) is 131 cm³/mol. The van der Waals surface area contributed by atoms with E-state index in [0.717, 1.165) is 66.0 Å². The molecular formula is C25H27F2N7O. The first kappa shape index (κ1) is 23.1. The summed E-state index contributed by atoms with van der Waals surface area (Å²) in [6, 6.07) is 13.3. The molecule has 0 amide bonds. The van der Waals surface area contributed by atoms with E-state index in [1.54, 1.807) is 22.8 Å². The van der Waals surface area contributed by atoms with E-state index in [9.17, 15) is 13.9 Å². The Morgan fingerprint density at radius 1 is 1.06 bits per heavy atom. The molecule has 0 bridgehead atoms. The maximum atomic E-state index is 14.0. The van der Waals surface area contributed by atoms with Gasteiger partial charge >= 0.3 is 0 Å². The molecular weight excluding hydrogens is 452 g/mol. The van der Waals surface area contributed by atoms with Crippen LogP contribution in [0.5, 0.6) is 0 Å². The van der Waals surface area contributed by atoms with Crippen LogP contribution < -0.4 is 10.2 Å². The lowest BCUT2D eigenvalue weighted by Crippen LogP contribution is -2.50. The van der Waals surface area contributed by atoms with E-state index in [-0.39, 0.29) is 11.7 Å². The topological polar surface area (TPSA) is 82.3 Å². The number of halogens is 2. The standard InChI is InChI=1S/C25H27F2N7O/c1-32(25(35)29-21-8-7-16(26)15-20(21)27)17-10-13-34(14-11-17)24-19-6-4-3-5-18(19)23(30-31-24)22-9-12-28-33(22)2/h3-9,12,15,17,25,29,35H,10-11,13-14H2,1-2H3. The van der Waals surface area contributed by atoms with Crippen LogP contribution in [0.25, 0.3) is 22.2 Å². The molecule has 0 radical (unpaired) electrons. The van der Waals surface area contributed by atoms with Crippen LogP contribution in [0.4, 0.5) is 20.3 Å². The molecule has 1 atom stereocenters. The van der Waals surface area contributed by atoms with E-state index >= 15 is 0 Å². The van der Waals surface area contributed by atoms with Gasteiger partial charge in [-0.25, -0.2) is 8.78 Å². The molecule has 1 aliphatic heterocycles. The van der Waals surface area contributed by atoms with Gasteiger partial charge in [0, 0.05) is 49.2 Å². The number of benzene rings is 2. The fourth-order valence-electron chi connectivity index (χ4n) is 4.65. The third-order valence-corrected chi connectivity index (χ3v) is 6.67. The normalized spacial score (nSPS) is 15.7. The van der Waals surface area contributed by atoms with Crippen molar-refractivity contribution >= 4 is 22.3 Å². The van der Waals surface area contributed by atoms with Crippen molar-refractivity contribution < 1.29 is 13.9 Å². The highest BCUT2D eigenvalue weighted by Gasteiger charge is 2.28. The number of piperidine rings is 1. The molecule has 182 valence electrons. The molecule has 1 saturated heterocycles. The molecule has 2 aromatic heterocycles. The molecule has 35 heavy (non-hydrogen) atoms. The summed E-state index contributed by atoms with van der Waals surface area (Å²) in [5.74, 6) is -0.570. The molecule has 1 unspecified atom stereocenters. The van der Waals surface area contributed by atoms with Gasteiger partial charge < -0.3 is 15.3 Å². The number of aryl methyl sites for hydroxylation is 1. The van der Waals surface area contributed by atoms with Gasteiger partial charge in [0.2, 0.25) is 0 Å². The fraction of sp³-hybridized carbons (Fsp3) is 0.320. The quantitative estimate of drug-likeness (QED) is 0.409. The average molecular weight is 480 g/mol. The molecule has 4 aromatic rings. The van der Waals surface area contributed by atoms with E-state index in [2.05, 4.69) is 31.6 Å². The van der Waals surface area contributed by atoms with Gasteiger partial charge in [-0.3, -0.25) is 9.58 Å². The SMILES string of the molecule is CN(C1CCN(c2nnc(-c3ccnn3C)c3ccccc23)CC1)C(O)Nc1ccc(F)cc1F. The van der Waals surface area contributed by atoms with Crippen molar-refractivity contribution in [2.45, 2.75) is 25.2 Å². The maximum absolute atomic E-state index is 14.0. The maximum Gasteiger partial charge on any atom is 0.184 e. The molecule has 3 heterocycles. The monoisotopic (exact) mass is 479 g/mol. The number of nitrogens with one attached hydrogen (secondary N) is 1. The molecule has 1 fully saturated rings. The van der Waals surface area contributed by atoms with Crippen LogP contribution in [0, 0.1) is 11.6 Å². The number of anilines is 2. The zero-order chi connectivity index (χ0) is 24.5. The molecule has 10 heteroatoms. The fourth-order valence-corrected chi connectivity index (χ4v) is 4.65. The lowest BCUT2D eigenvalue weighted by molar-refractivity contribution is 0.00829. The lowest BCUT2D eigenvalue weighted by atomic mass is 10.0. The second-order valence-electron chi connectivity index (χ2n) is 8.78. The van der Waals surface area contributed by atoms with Crippen molar-refractivity contribution in [3.8, 4) is 11.4 Å². The third-order valence-electron chi connectivity index (χ3n) is 6.67. The van der Waals surface area contributed by atoms with E-state index in [1.165, 1.54) is 6.07 Å². The smallest absolute Gasteiger partial charge is 0.184 e. The minimum atomic E-state index is -1.11. The Morgan fingerprint density at radius 2 is 1.80 bits per heavy atom. The molecule has 8 nitrogen and oxygen atoms in total. The van der Waals surface area contributed by atoms with E-state index in [1.807, 2.05) is 31.3 Å². The average Bonchev–Trinajstić information content (AvgIpc) is 3.30. The van der Waals surface area contributed by atoms with Crippen LogP contribution in [-0.4, -0.2) is 62.5 Å². The summed E-state index contributed by atoms with van der Waals surface area (Å²) in [4.78, 5) is 3.99. The number of hydrogen-bond donors (Lipinski definition) is 2. The molecule has 2 N–H and O–H groups in total. The zero-order valence-electron chi connectivity index (χ0n) is 19.6. The Hall–Kier alpha value is -3.63. The van der Waals surface area contributed by atoms with Crippen molar-refractivity contribution in [1.29, 1.82) is 0 Å². The van der Waals surface area contributed by atoms with Crippen LogP contribution in [0.1, 0.15) is 12.8 Å². The van der Waals surface area contributed by atoms with E-state index < -0.39 is 18.0 Å². The minimum absolute atomic E-state index is 0.0541. The summed E-state index contributed by atoms with van der Waals surface area (Å²) in [6.07, 6.45) is 2.20. The Kier molecular flexibility index (Phi) is 6.31. The van der Waals surface area contributed by atoms with Gasteiger partial charge in [-0.05, 0) is 38.1 Å². The molecule has 2 aromatic carbocycles.